The third kappa shape index (κ3) is 2.70. The maximum absolute atomic E-state index is 12.3. The van der Waals surface area contributed by atoms with Crippen molar-refractivity contribution in [2.24, 2.45) is 0 Å². The zero-order valence-corrected chi connectivity index (χ0v) is 13.8. The third-order valence-corrected chi connectivity index (χ3v) is 4.93. The largest absolute Gasteiger partial charge is 0.331 e. The monoisotopic (exact) mass is 317 g/mol. The Balaban J connectivity index is 1.79. The van der Waals surface area contributed by atoms with Crippen LogP contribution in [0, 0.1) is 13.8 Å². The van der Waals surface area contributed by atoms with Crippen LogP contribution in [0.1, 0.15) is 30.9 Å². The van der Waals surface area contributed by atoms with E-state index >= 15 is 0 Å². The smallest absolute Gasteiger partial charge is 0.248 e. The highest BCUT2D eigenvalue weighted by Gasteiger charge is 2.29. The van der Waals surface area contributed by atoms with Crippen molar-refractivity contribution in [3.05, 3.63) is 23.3 Å². The van der Waals surface area contributed by atoms with Gasteiger partial charge in [-0.3, -0.25) is 9.59 Å². The number of thiazole rings is 1. The summed E-state index contributed by atoms with van der Waals surface area (Å²) in [4.78, 5) is 30.2. The lowest BCUT2D eigenvalue weighted by atomic mass is 10.1. The van der Waals surface area contributed by atoms with E-state index in [2.05, 4.69) is 22.4 Å². The van der Waals surface area contributed by atoms with Gasteiger partial charge in [-0.15, -0.1) is 0 Å². The summed E-state index contributed by atoms with van der Waals surface area (Å²) < 4.78 is 1.07. The number of likely N-dealkylation sites (tertiary alicyclic amines) is 1. The molecule has 2 aromatic rings. The second kappa shape index (κ2) is 5.68. The molecule has 0 spiro atoms. The molecule has 1 unspecified atom stereocenters. The molecule has 1 aliphatic heterocycles. The Morgan fingerprint density at radius 2 is 2.18 bits per heavy atom. The van der Waals surface area contributed by atoms with Crippen molar-refractivity contribution < 1.29 is 9.59 Å². The second-order valence-corrected chi connectivity index (χ2v) is 6.83. The molecule has 6 heteroatoms. The van der Waals surface area contributed by atoms with Gasteiger partial charge in [-0.25, -0.2) is 4.98 Å². The number of hydrogen-bond donors (Lipinski definition) is 1. The van der Waals surface area contributed by atoms with E-state index in [9.17, 15) is 9.59 Å². The molecule has 1 aliphatic rings. The van der Waals surface area contributed by atoms with Crippen LogP contribution in [0.5, 0.6) is 0 Å². The number of rotatable bonds is 3. The van der Waals surface area contributed by atoms with E-state index in [0.717, 1.165) is 22.2 Å². The van der Waals surface area contributed by atoms with E-state index in [-0.39, 0.29) is 11.8 Å². The van der Waals surface area contributed by atoms with E-state index in [1.165, 1.54) is 16.9 Å². The Kier molecular flexibility index (Phi) is 3.87. The van der Waals surface area contributed by atoms with Gasteiger partial charge in [-0.2, -0.15) is 0 Å². The number of fused-ring (bicyclic) bond motifs is 1. The standard InChI is InChI=1S/C16H19N3O2S/c1-9-7-10(2)14-12(8-9)22-16(17-14)18-15(21)11(3)19-6-4-5-13(19)20/h7-8,11H,4-6H2,1-3H3,(H,17,18,21). The highest BCUT2D eigenvalue weighted by molar-refractivity contribution is 7.22. The first kappa shape index (κ1) is 15.0. The molecule has 0 aliphatic carbocycles. The highest BCUT2D eigenvalue weighted by Crippen LogP contribution is 2.29. The van der Waals surface area contributed by atoms with Crippen LogP contribution >= 0.6 is 11.3 Å². The van der Waals surface area contributed by atoms with Gasteiger partial charge in [0.2, 0.25) is 11.8 Å². The van der Waals surface area contributed by atoms with Crippen LogP contribution in [-0.4, -0.2) is 34.3 Å². The Morgan fingerprint density at radius 1 is 1.41 bits per heavy atom. The highest BCUT2D eigenvalue weighted by atomic mass is 32.1. The number of anilines is 1. The summed E-state index contributed by atoms with van der Waals surface area (Å²) in [5.74, 6) is -0.123. The van der Waals surface area contributed by atoms with Gasteiger partial charge in [-0.1, -0.05) is 17.4 Å². The summed E-state index contributed by atoms with van der Waals surface area (Å²) >= 11 is 1.47. The predicted molar refractivity (Wildman–Crippen MR) is 88.1 cm³/mol. The Hall–Kier alpha value is -1.95. The van der Waals surface area contributed by atoms with Crippen molar-refractivity contribution in [2.75, 3.05) is 11.9 Å². The van der Waals surface area contributed by atoms with Crippen LogP contribution in [0.2, 0.25) is 0 Å². The first-order valence-electron chi connectivity index (χ1n) is 7.44. The molecule has 1 aromatic carbocycles. The molecule has 116 valence electrons. The van der Waals surface area contributed by atoms with E-state index < -0.39 is 6.04 Å². The molecule has 0 radical (unpaired) electrons. The molecule has 1 saturated heterocycles. The first-order chi connectivity index (χ1) is 10.5. The fourth-order valence-electron chi connectivity index (χ4n) is 2.85. The molecule has 1 atom stereocenters. The van der Waals surface area contributed by atoms with Gasteiger partial charge >= 0.3 is 0 Å². The lowest BCUT2D eigenvalue weighted by Crippen LogP contribution is -2.42. The van der Waals surface area contributed by atoms with Gasteiger partial charge in [0.15, 0.2) is 5.13 Å². The normalized spacial score (nSPS) is 16.3. The number of carbonyl (C=O) groups excluding carboxylic acids is 2. The predicted octanol–water partition coefficient (Wildman–Crippen LogP) is 2.86. The van der Waals surface area contributed by atoms with Crippen molar-refractivity contribution >= 4 is 38.5 Å². The van der Waals surface area contributed by atoms with E-state index in [1.54, 1.807) is 11.8 Å². The number of amides is 2. The fourth-order valence-corrected chi connectivity index (χ4v) is 3.90. The number of nitrogens with one attached hydrogen (secondary N) is 1. The fraction of sp³-hybridized carbons (Fsp3) is 0.438. The summed E-state index contributed by atoms with van der Waals surface area (Å²) in [5, 5.41) is 3.44. The summed E-state index contributed by atoms with van der Waals surface area (Å²) in [6.07, 6.45) is 1.37. The quantitative estimate of drug-likeness (QED) is 0.947. The van der Waals surface area contributed by atoms with Gasteiger partial charge in [-0.05, 0) is 44.4 Å². The van der Waals surface area contributed by atoms with E-state index in [4.69, 9.17) is 0 Å². The van der Waals surface area contributed by atoms with Crippen LogP contribution in [0.3, 0.4) is 0 Å². The number of benzene rings is 1. The summed E-state index contributed by atoms with van der Waals surface area (Å²) in [5.41, 5.74) is 3.22. The summed E-state index contributed by atoms with van der Waals surface area (Å²) in [7, 11) is 0. The molecule has 0 bridgehead atoms. The van der Waals surface area contributed by atoms with Crippen molar-refractivity contribution in [3.63, 3.8) is 0 Å². The van der Waals surface area contributed by atoms with Gasteiger partial charge in [0.1, 0.15) is 6.04 Å². The second-order valence-electron chi connectivity index (χ2n) is 5.80. The molecular formula is C16H19N3O2S. The maximum atomic E-state index is 12.3. The molecule has 2 heterocycles. The number of hydrogen-bond acceptors (Lipinski definition) is 4. The van der Waals surface area contributed by atoms with Gasteiger partial charge in [0.25, 0.3) is 0 Å². The topological polar surface area (TPSA) is 62.3 Å². The zero-order valence-electron chi connectivity index (χ0n) is 13.0. The average molecular weight is 317 g/mol. The van der Waals surface area contributed by atoms with Crippen LogP contribution in [0.15, 0.2) is 12.1 Å². The third-order valence-electron chi connectivity index (χ3n) is 4.02. The van der Waals surface area contributed by atoms with Gasteiger partial charge in [0.05, 0.1) is 10.2 Å². The molecule has 1 N–H and O–H groups in total. The molecule has 1 aromatic heterocycles. The van der Waals surface area contributed by atoms with Crippen LogP contribution in [0.25, 0.3) is 10.2 Å². The average Bonchev–Trinajstić information content (AvgIpc) is 3.04. The molecule has 1 fully saturated rings. The zero-order chi connectivity index (χ0) is 15.9. The molecule has 0 saturated carbocycles. The van der Waals surface area contributed by atoms with Gasteiger partial charge < -0.3 is 10.2 Å². The van der Waals surface area contributed by atoms with Gasteiger partial charge in [0, 0.05) is 13.0 Å². The molecule has 3 rings (SSSR count). The van der Waals surface area contributed by atoms with Crippen LogP contribution < -0.4 is 5.32 Å². The minimum atomic E-state index is -0.454. The Labute approximate surface area is 133 Å². The molecule has 5 nitrogen and oxygen atoms in total. The first-order valence-corrected chi connectivity index (χ1v) is 8.25. The Bertz CT molecular complexity index is 753. The van der Waals surface area contributed by atoms with Crippen molar-refractivity contribution in [3.8, 4) is 0 Å². The molecule has 2 amide bonds. The Morgan fingerprint density at radius 3 is 2.86 bits per heavy atom. The van der Waals surface area contributed by atoms with Crippen LogP contribution in [0.4, 0.5) is 5.13 Å². The molecule has 22 heavy (non-hydrogen) atoms. The minimum absolute atomic E-state index is 0.0541. The maximum Gasteiger partial charge on any atom is 0.248 e. The lowest BCUT2D eigenvalue weighted by molar-refractivity contribution is -0.134. The summed E-state index contributed by atoms with van der Waals surface area (Å²) in [6.45, 7) is 6.49. The van der Waals surface area contributed by atoms with E-state index in [1.807, 2.05) is 13.8 Å². The summed E-state index contributed by atoms with van der Waals surface area (Å²) in [6, 6.07) is 3.70. The number of nitrogens with zero attached hydrogens (tertiary/aromatic N) is 2. The van der Waals surface area contributed by atoms with Crippen molar-refractivity contribution in [1.29, 1.82) is 0 Å². The minimum Gasteiger partial charge on any atom is -0.331 e. The SMILES string of the molecule is Cc1cc(C)c2nc(NC(=O)C(C)N3CCCC3=O)sc2c1. The number of aromatic nitrogens is 1. The molecular weight excluding hydrogens is 298 g/mol. The number of aryl methyl sites for hydroxylation is 2. The van der Waals surface area contributed by atoms with Crippen molar-refractivity contribution in [2.45, 2.75) is 39.7 Å². The number of carbonyl (C=O) groups is 2. The van der Waals surface area contributed by atoms with Crippen LogP contribution in [-0.2, 0) is 9.59 Å². The van der Waals surface area contributed by atoms with Crippen molar-refractivity contribution in [1.82, 2.24) is 9.88 Å². The lowest BCUT2D eigenvalue weighted by Gasteiger charge is -2.22. The van der Waals surface area contributed by atoms with E-state index in [0.29, 0.717) is 18.1 Å².